The Kier molecular flexibility index (Phi) is 5.52. The fourth-order valence-electron chi connectivity index (χ4n) is 3.75. The summed E-state index contributed by atoms with van der Waals surface area (Å²) in [5.41, 5.74) is -0.342. The minimum atomic E-state index is -1.08. The molecule has 130 valence electrons. The van der Waals surface area contributed by atoms with E-state index in [0.29, 0.717) is 18.3 Å². The smallest absolute Gasteiger partial charge is 0.138 e. The minimum Gasteiger partial charge on any atom is -0.386 e. The standard InChI is InChI=1S/C20H32O3/c1-14(2)16-7-6-15(3)18-9-11-20(5,23-18)13-17(21)12-19(4,22)10-8-16/h8,10,14,16,18,22H,3,6-7,9,11-13H2,1-2,4-5H3/b10-8+/t16-,18-,19-,20-/m1/s1. The predicted molar refractivity (Wildman–Crippen MR) is 93.2 cm³/mol. The fraction of sp³-hybridized carbons (Fsp3) is 0.750. The third kappa shape index (κ3) is 5.02. The van der Waals surface area contributed by atoms with E-state index in [9.17, 15) is 9.90 Å². The van der Waals surface area contributed by atoms with Gasteiger partial charge in [0.05, 0.1) is 17.3 Å². The first-order valence-electron chi connectivity index (χ1n) is 8.89. The number of carbonyl (C=O) groups excluding carboxylic acids is 1. The van der Waals surface area contributed by atoms with E-state index in [1.165, 1.54) is 0 Å². The molecule has 2 bridgehead atoms. The molecule has 4 atom stereocenters. The molecule has 0 aliphatic carbocycles. The molecule has 1 saturated heterocycles. The maximum atomic E-state index is 12.4. The van der Waals surface area contributed by atoms with Crippen molar-refractivity contribution in [1.29, 1.82) is 0 Å². The summed E-state index contributed by atoms with van der Waals surface area (Å²) in [6, 6.07) is 0. The number of Topliss-reactive ketones (excluding diaryl/α,β-unsaturated/α-hetero) is 1. The Morgan fingerprint density at radius 1 is 1.30 bits per heavy atom. The number of ketones is 1. The maximum absolute atomic E-state index is 12.4. The Balaban J connectivity index is 2.23. The normalized spacial score (nSPS) is 41.3. The molecule has 0 spiro atoms. The number of fused-ring (bicyclic) bond motifs is 2. The van der Waals surface area contributed by atoms with Crippen LogP contribution >= 0.6 is 0 Å². The third-order valence-electron chi connectivity index (χ3n) is 5.30. The first-order chi connectivity index (χ1) is 10.6. The number of rotatable bonds is 1. The molecule has 0 aromatic rings. The molecule has 1 N–H and O–H groups in total. The zero-order valence-electron chi connectivity index (χ0n) is 15.1. The number of hydrogen-bond donors (Lipinski definition) is 1. The van der Waals surface area contributed by atoms with E-state index in [0.717, 1.165) is 31.3 Å². The molecule has 0 radical (unpaired) electrons. The van der Waals surface area contributed by atoms with E-state index in [1.54, 1.807) is 6.92 Å². The van der Waals surface area contributed by atoms with E-state index in [-0.39, 0.29) is 18.3 Å². The van der Waals surface area contributed by atoms with Crippen molar-refractivity contribution in [1.82, 2.24) is 0 Å². The van der Waals surface area contributed by atoms with Gasteiger partial charge in [-0.2, -0.15) is 0 Å². The van der Waals surface area contributed by atoms with Gasteiger partial charge in [-0.25, -0.2) is 0 Å². The second-order valence-electron chi connectivity index (χ2n) is 8.31. The Labute approximate surface area is 140 Å². The van der Waals surface area contributed by atoms with Gasteiger partial charge in [-0.15, -0.1) is 0 Å². The van der Waals surface area contributed by atoms with Gasteiger partial charge in [0, 0.05) is 12.8 Å². The van der Waals surface area contributed by atoms with Gasteiger partial charge < -0.3 is 9.84 Å². The molecule has 0 unspecified atom stereocenters. The zero-order valence-corrected chi connectivity index (χ0v) is 15.1. The monoisotopic (exact) mass is 320 g/mol. The van der Waals surface area contributed by atoms with Crippen LogP contribution in [0.25, 0.3) is 0 Å². The highest BCUT2D eigenvalue weighted by molar-refractivity contribution is 5.80. The summed E-state index contributed by atoms with van der Waals surface area (Å²) in [7, 11) is 0. The van der Waals surface area contributed by atoms with Gasteiger partial charge in [-0.3, -0.25) is 4.79 Å². The van der Waals surface area contributed by atoms with Gasteiger partial charge in [0.2, 0.25) is 0 Å². The van der Waals surface area contributed by atoms with Crippen LogP contribution in [0.1, 0.15) is 66.2 Å². The van der Waals surface area contributed by atoms with Gasteiger partial charge >= 0.3 is 0 Å². The summed E-state index contributed by atoms with van der Waals surface area (Å²) < 4.78 is 6.19. The largest absolute Gasteiger partial charge is 0.386 e. The highest BCUT2D eigenvalue weighted by Crippen LogP contribution is 2.38. The second kappa shape index (κ2) is 6.90. The van der Waals surface area contributed by atoms with Crippen LogP contribution < -0.4 is 0 Å². The molecule has 0 amide bonds. The Morgan fingerprint density at radius 3 is 2.65 bits per heavy atom. The van der Waals surface area contributed by atoms with Crippen LogP contribution in [0.15, 0.2) is 24.3 Å². The molecule has 2 aliphatic heterocycles. The predicted octanol–water partition coefficient (Wildman–Crippen LogP) is 4.20. The van der Waals surface area contributed by atoms with E-state index in [4.69, 9.17) is 4.74 Å². The van der Waals surface area contributed by atoms with Crippen LogP contribution in [-0.4, -0.2) is 28.2 Å². The quantitative estimate of drug-likeness (QED) is 0.736. The summed E-state index contributed by atoms with van der Waals surface area (Å²) in [5.74, 6) is 0.932. The van der Waals surface area contributed by atoms with Gasteiger partial charge in [0.15, 0.2) is 0 Å². The van der Waals surface area contributed by atoms with Crippen molar-refractivity contribution in [3.05, 3.63) is 24.3 Å². The third-order valence-corrected chi connectivity index (χ3v) is 5.30. The van der Waals surface area contributed by atoms with Crippen LogP contribution in [0, 0.1) is 11.8 Å². The van der Waals surface area contributed by atoms with E-state index >= 15 is 0 Å². The number of carbonyl (C=O) groups is 1. The van der Waals surface area contributed by atoms with Crippen molar-refractivity contribution in [2.24, 2.45) is 11.8 Å². The Hall–Kier alpha value is -0.930. The summed E-state index contributed by atoms with van der Waals surface area (Å²) in [6.07, 6.45) is 8.27. The Bertz CT molecular complexity index is 489. The summed E-state index contributed by atoms with van der Waals surface area (Å²) in [6.45, 7) is 12.4. The first-order valence-corrected chi connectivity index (χ1v) is 8.89. The van der Waals surface area contributed by atoms with Gasteiger partial charge in [-0.1, -0.05) is 32.6 Å². The molecule has 23 heavy (non-hydrogen) atoms. The van der Waals surface area contributed by atoms with Crippen molar-refractivity contribution >= 4 is 5.78 Å². The van der Waals surface area contributed by atoms with Crippen molar-refractivity contribution < 1.29 is 14.6 Å². The van der Waals surface area contributed by atoms with Crippen LogP contribution in [-0.2, 0) is 9.53 Å². The number of hydrogen-bond acceptors (Lipinski definition) is 3. The molecule has 1 fully saturated rings. The molecule has 2 aliphatic rings. The lowest BCUT2D eigenvalue weighted by atomic mass is 9.85. The molecule has 0 aromatic heterocycles. The molecular formula is C20H32O3. The molecular weight excluding hydrogens is 288 g/mol. The second-order valence-corrected chi connectivity index (χ2v) is 8.31. The maximum Gasteiger partial charge on any atom is 0.138 e. The lowest BCUT2D eigenvalue weighted by Gasteiger charge is -2.26. The fourth-order valence-corrected chi connectivity index (χ4v) is 3.75. The molecule has 0 aromatic carbocycles. The van der Waals surface area contributed by atoms with Crippen LogP contribution in [0.2, 0.25) is 0 Å². The number of ether oxygens (including phenoxy) is 1. The summed E-state index contributed by atoms with van der Waals surface area (Å²) >= 11 is 0. The number of allylic oxidation sites excluding steroid dienone is 1. The summed E-state index contributed by atoms with van der Waals surface area (Å²) in [4.78, 5) is 12.4. The van der Waals surface area contributed by atoms with Crippen LogP contribution in [0.5, 0.6) is 0 Å². The Morgan fingerprint density at radius 2 is 2.00 bits per heavy atom. The topological polar surface area (TPSA) is 46.5 Å². The van der Waals surface area contributed by atoms with E-state index in [2.05, 4.69) is 26.5 Å². The molecule has 2 rings (SSSR count). The van der Waals surface area contributed by atoms with Crippen molar-refractivity contribution in [3.63, 3.8) is 0 Å². The highest BCUT2D eigenvalue weighted by Gasteiger charge is 2.39. The van der Waals surface area contributed by atoms with Crippen LogP contribution in [0.3, 0.4) is 0 Å². The van der Waals surface area contributed by atoms with Gasteiger partial charge in [0.25, 0.3) is 0 Å². The summed E-state index contributed by atoms with van der Waals surface area (Å²) in [5, 5.41) is 10.5. The van der Waals surface area contributed by atoms with Gasteiger partial charge in [-0.05, 0) is 56.9 Å². The van der Waals surface area contributed by atoms with Crippen molar-refractivity contribution in [3.8, 4) is 0 Å². The first kappa shape index (κ1) is 18.4. The molecule has 2 heterocycles. The van der Waals surface area contributed by atoms with E-state index < -0.39 is 11.2 Å². The average molecular weight is 320 g/mol. The zero-order chi connectivity index (χ0) is 17.3. The van der Waals surface area contributed by atoms with Crippen molar-refractivity contribution in [2.45, 2.75) is 83.5 Å². The van der Waals surface area contributed by atoms with E-state index in [1.807, 2.05) is 13.0 Å². The lowest BCUT2D eigenvalue weighted by molar-refractivity contribution is -0.128. The molecule has 0 saturated carbocycles. The number of aliphatic hydroxyl groups is 1. The van der Waals surface area contributed by atoms with Crippen molar-refractivity contribution in [2.75, 3.05) is 0 Å². The molecule has 3 heteroatoms. The average Bonchev–Trinajstić information content (AvgIpc) is 2.78. The minimum absolute atomic E-state index is 0.0637. The lowest BCUT2D eigenvalue weighted by Crippen LogP contribution is -2.32. The van der Waals surface area contributed by atoms with Gasteiger partial charge in [0.1, 0.15) is 5.78 Å². The SMILES string of the molecule is C=C1CC[C@@H](C(C)C)/C=C/[C@@](C)(O)CC(=O)C[C@@]2(C)CC[C@H]1O2. The van der Waals surface area contributed by atoms with Crippen LogP contribution in [0.4, 0.5) is 0 Å². The highest BCUT2D eigenvalue weighted by atomic mass is 16.5. The molecule has 3 nitrogen and oxygen atoms in total.